The largest absolute Gasteiger partial charge is 0.573 e. The third-order valence-electron chi connectivity index (χ3n) is 3.65. The Hall–Kier alpha value is -3.18. The fourth-order valence-corrected chi connectivity index (χ4v) is 3.33. The van der Waals surface area contributed by atoms with E-state index in [1.807, 2.05) is 0 Å². The molecule has 0 bridgehead atoms. The van der Waals surface area contributed by atoms with Gasteiger partial charge in [-0.25, -0.2) is 22.5 Å². The minimum atomic E-state index is -4.86. The average molecular weight is 442 g/mol. The number of hydrogen-bond donors (Lipinski definition) is 1. The van der Waals surface area contributed by atoms with Crippen molar-refractivity contribution in [1.82, 2.24) is 9.71 Å². The van der Waals surface area contributed by atoms with Gasteiger partial charge in [0.25, 0.3) is 0 Å². The molecule has 158 valence electrons. The molecule has 1 N–H and O–H groups in total. The summed E-state index contributed by atoms with van der Waals surface area (Å²) in [5.41, 5.74) is 0.502. The summed E-state index contributed by atoms with van der Waals surface area (Å²) in [6, 6.07) is 12.3. The molecule has 1 heterocycles. The lowest BCUT2D eigenvalue weighted by Gasteiger charge is -2.10. The quantitative estimate of drug-likeness (QED) is 0.549. The van der Waals surface area contributed by atoms with Crippen LogP contribution in [0, 0.1) is 5.82 Å². The van der Waals surface area contributed by atoms with Crippen LogP contribution in [0.15, 0.2) is 71.8 Å². The number of ether oxygens (including phenoxy) is 2. The monoisotopic (exact) mass is 442 g/mol. The predicted molar refractivity (Wildman–Crippen MR) is 97.9 cm³/mol. The molecule has 11 heteroatoms. The summed E-state index contributed by atoms with van der Waals surface area (Å²) >= 11 is 0. The van der Waals surface area contributed by atoms with Crippen LogP contribution in [0.5, 0.6) is 17.4 Å². The van der Waals surface area contributed by atoms with Crippen LogP contribution in [0.25, 0.3) is 0 Å². The molecule has 0 spiro atoms. The molecule has 0 unspecified atom stereocenters. The van der Waals surface area contributed by atoms with Crippen LogP contribution in [-0.2, 0) is 16.6 Å². The molecule has 0 fully saturated rings. The van der Waals surface area contributed by atoms with E-state index in [1.54, 1.807) is 12.1 Å². The van der Waals surface area contributed by atoms with Crippen LogP contribution in [-0.4, -0.2) is 19.8 Å². The first kappa shape index (κ1) is 21.5. The topological polar surface area (TPSA) is 77.5 Å². The van der Waals surface area contributed by atoms with Crippen molar-refractivity contribution in [2.24, 2.45) is 0 Å². The number of rotatable bonds is 7. The number of nitrogens with zero attached hydrogens (tertiary/aromatic N) is 1. The second kappa shape index (κ2) is 8.67. The number of sulfonamides is 1. The van der Waals surface area contributed by atoms with E-state index in [2.05, 4.69) is 14.4 Å². The van der Waals surface area contributed by atoms with Crippen LogP contribution in [0.4, 0.5) is 17.6 Å². The average Bonchev–Trinajstić information content (AvgIpc) is 2.67. The molecule has 3 rings (SSSR count). The Morgan fingerprint density at radius 1 is 0.967 bits per heavy atom. The summed E-state index contributed by atoms with van der Waals surface area (Å²) < 4.78 is 85.6. The van der Waals surface area contributed by atoms with Gasteiger partial charge >= 0.3 is 6.36 Å². The number of aromatic nitrogens is 1. The first-order valence-electron chi connectivity index (χ1n) is 8.35. The number of benzene rings is 2. The van der Waals surface area contributed by atoms with Gasteiger partial charge in [-0.05, 0) is 42.0 Å². The van der Waals surface area contributed by atoms with E-state index < -0.39 is 28.0 Å². The molecule has 0 amide bonds. The van der Waals surface area contributed by atoms with Gasteiger partial charge in [-0.15, -0.1) is 13.2 Å². The zero-order valence-corrected chi connectivity index (χ0v) is 15.9. The molecule has 0 saturated heterocycles. The Morgan fingerprint density at radius 2 is 1.70 bits per heavy atom. The zero-order chi connectivity index (χ0) is 21.8. The van der Waals surface area contributed by atoms with E-state index in [0.717, 1.165) is 24.3 Å². The van der Waals surface area contributed by atoms with E-state index in [9.17, 15) is 26.0 Å². The molecular formula is C19H14F4N2O4S. The lowest BCUT2D eigenvalue weighted by Crippen LogP contribution is -2.23. The first-order valence-corrected chi connectivity index (χ1v) is 9.83. The van der Waals surface area contributed by atoms with Crippen molar-refractivity contribution in [2.45, 2.75) is 17.8 Å². The summed E-state index contributed by atoms with van der Waals surface area (Å²) in [5.74, 6) is -0.544. The molecule has 0 saturated carbocycles. The molecular weight excluding hydrogens is 428 g/mol. The molecule has 0 aliphatic carbocycles. The highest BCUT2D eigenvalue weighted by atomic mass is 32.2. The molecule has 0 aliphatic heterocycles. The maximum Gasteiger partial charge on any atom is 0.573 e. The molecule has 6 nitrogen and oxygen atoms in total. The molecule has 0 aliphatic rings. The molecule has 1 aromatic heterocycles. The second-order valence-electron chi connectivity index (χ2n) is 5.91. The Balaban J connectivity index is 1.60. The summed E-state index contributed by atoms with van der Waals surface area (Å²) in [4.78, 5) is 3.79. The minimum Gasteiger partial charge on any atom is -0.439 e. The number of nitrogens with one attached hydrogen (secondary N) is 1. The Kier molecular flexibility index (Phi) is 6.22. The number of halogens is 4. The van der Waals surface area contributed by atoms with Gasteiger partial charge in [-0.3, -0.25) is 0 Å². The molecule has 2 aromatic carbocycles. The summed E-state index contributed by atoms with van der Waals surface area (Å²) in [6.45, 7) is -0.115. The van der Waals surface area contributed by atoms with Crippen LogP contribution >= 0.6 is 0 Å². The zero-order valence-electron chi connectivity index (χ0n) is 15.1. The lowest BCUT2D eigenvalue weighted by molar-refractivity contribution is -0.274. The van der Waals surface area contributed by atoms with Crippen molar-refractivity contribution < 1.29 is 35.5 Å². The van der Waals surface area contributed by atoms with Crippen molar-refractivity contribution in [1.29, 1.82) is 0 Å². The van der Waals surface area contributed by atoms with Crippen molar-refractivity contribution in [2.75, 3.05) is 0 Å². The summed E-state index contributed by atoms with van der Waals surface area (Å²) in [6.07, 6.45) is -3.49. The van der Waals surface area contributed by atoms with Gasteiger partial charge in [-0.1, -0.05) is 12.1 Å². The van der Waals surface area contributed by atoms with Gasteiger partial charge in [0.2, 0.25) is 15.9 Å². The third kappa shape index (κ3) is 6.16. The van der Waals surface area contributed by atoms with E-state index in [-0.39, 0.29) is 23.1 Å². The molecule has 30 heavy (non-hydrogen) atoms. The third-order valence-corrected chi connectivity index (χ3v) is 5.07. The van der Waals surface area contributed by atoms with E-state index in [4.69, 9.17) is 4.74 Å². The number of hydrogen-bond acceptors (Lipinski definition) is 5. The standard InChI is InChI=1S/C19H14F4N2O4S/c20-14-2-1-3-16(10-14)28-18-9-4-13(11-24-18)12-25-30(26,27)17-7-5-15(6-8-17)29-19(21,22)23/h1-11,25H,12H2. The highest BCUT2D eigenvalue weighted by Crippen LogP contribution is 2.24. The van der Waals surface area contributed by atoms with E-state index >= 15 is 0 Å². The van der Waals surface area contributed by atoms with Gasteiger partial charge in [0.05, 0.1) is 4.90 Å². The second-order valence-corrected chi connectivity index (χ2v) is 7.67. The van der Waals surface area contributed by atoms with Gasteiger partial charge in [-0.2, -0.15) is 0 Å². The van der Waals surface area contributed by atoms with Crippen LogP contribution in [0.2, 0.25) is 0 Å². The van der Waals surface area contributed by atoms with Crippen LogP contribution in [0.3, 0.4) is 0 Å². The van der Waals surface area contributed by atoms with Gasteiger partial charge in [0.15, 0.2) is 0 Å². The molecule has 0 atom stereocenters. The molecule has 3 aromatic rings. The normalized spacial score (nSPS) is 11.9. The smallest absolute Gasteiger partial charge is 0.439 e. The van der Waals surface area contributed by atoms with E-state index in [0.29, 0.717) is 5.56 Å². The fraction of sp³-hybridized carbons (Fsp3) is 0.105. The van der Waals surface area contributed by atoms with Crippen molar-refractivity contribution >= 4 is 10.0 Å². The predicted octanol–water partition coefficient (Wildman–Crippen LogP) is 4.39. The number of alkyl halides is 3. The van der Waals surface area contributed by atoms with E-state index in [1.165, 1.54) is 30.5 Å². The van der Waals surface area contributed by atoms with Crippen molar-refractivity contribution in [3.63, 3.8) is 0 Å². The van der Waals surface area contributed by atoms with Gasteiger partial charge in [0, 0.05) is 24.9 Å². The fourth-order valence-electron chi connectivity index (χ4n) is 2.31. The maximum atomic E-state index is 13.2. The van der Waals surface area contributed by atoms with Gasteiger partial charge < -0.3 is 9.47 Å². The van der Waals surface area contributed by atoms with Crippen molar-refractivity contribution in [3.8, 4) is 17.4 Å². The van der Waals surface area contributed by atoms with Crippen molar-refractivity contribution in [3.05, 3.63) is 78.2 Å². The Bertz CT molecular complexity index is 1100. The number of pyridine rings is 1. The van der Waals surface area contributed by atoms with Crippen LogP contribution in [0.1, 0.15) is 5.56 Å². The lowest BCUT2D eigenvalue weighted by atomic mass is 10.3. The summed E-state index contributed by atoms with van der Waals surface area (Å²) in [5, 5.41) is 0. The Labute approximate surface area is 169 Å². The van der Waals surface area contributed by atoms with Gasteiger partial charge in [0.1, 0.15) is 17.3 Å². The maximum absolute atomic E-state index is 13.2. The molecule has 0 radical (unpaired) electrons. The Morgan fingerprint density at radius 3 is 2.30 bits per heavy atom. The first-order chi connectivity index (χ1) is 14.1. The SMILES string of the molecule is O=S(=O)(NCc1ccc(Oc2cccc(F)c2)nc1)c1ccc(OC(F)(F)F)cc1. The minimum absolute atomic E-state index is 0.115. The highest BCUT2D eigenvalue weighted by molar-refractivity contribution is 7.89. The highest BCUT2D eigenvalue weighted by Gasteiger charge is 2.31. The summed E-state index contributed by atoms with van der Waals surface area (Å²) in [7, 11) is -3.97. The van der Waals surface area contributed by atoms with Crippen LogP contribution < -0.4 is 14.2 Å².